The molecule has 2 aliphatic rings. The van der Waals surface area contributed by atoms with Gasteiger partial charge in [-0.05, 0) is 86.1 Å². The number of esters is 1. The van der Waals surface area contributed by atoms with Gasteiger partial charge in [0.25, 0.3) is 0 Å². The van der Waals surface area contributed by atoms with E-state index in [0.29, 0.717) is 48.6 Å². The predicted octanol–water partition coefficient (Wildman–Crippen LogP) is 4.16. The third kappa shape index (κ3) is 4.79. The van der Waals surface area contributed by atoms with Gasteiger partial charge in [0.1, 0.15) is 5.75 Å². The van der Waals surface area contributed by atoms with E-state index in [-0.39, 0.29) is 17.7 Å². The van der Waals surface area contributed by atoms with E-state index in [9.17, 15) is 18.0 Å². The van der Waals surface area contributed by atoms with Crippen molar-refractivity contribution < 1.29 is 22.7 Å². The molecule has 0 bridgehead atoms. The van der Waals surface area contributed by atoms with Crippen LogP contribution in [0.15, 0.2) is 47.4 Å². The highest BCUT2D eigenvalue weighted by Crippen LogP contribution is 2.29. The second-order valence-corrected chi connectivity index (χ2v) is 10.5. The number of hydrogen-bond acceptors (Lipinski definition) is 5. The third-order valence-electron chi connectivity index (χ3n) is 6.46. The van der Waals surface area contributed by atoms with Crippen LogP contribution in [0.3, 0.4) is 0 Å². The number of ether oxygens (including phenoxy) is 1. The number of sulfonamides is 1. The van der Waals surface area contributed by atoms with Crippen molar-refractivity contribution in [2.45, 2.75) is 56.8 Å². The normalized spacial score (nSPS) is 17.5. The SMILES string of the molecule is CCC(=O)c1ccc(OC(=O)C2CCN(S(=O)(=O)c3ccc4c(c3)CCCC4)CC2)cc1. The molecule has 2 aromatic rings. The molecule has 6 nitrogen and oxygen atoms in total. The quantitative estimate of drug-likeness (QED) is 0.371. The van der Waals surface area contributed by atoms with Gasteiger partial charge in [-0.1, -0.05) is 13.0 Å². The largest absolute Gasteiger partial charge is 0.426 e. The minimum Gasteiger partial charge on any atom is -0.426 e. The van der Waals surface area contributed by atoms with E-state index in [2.05, 4.69) is 0 Å². The monoisotopic (exact) mass is 455 g/mol. The summed E-state index contributed by atoms with van der Waals surface area (Å²) in [5, 5.41) is 0. The summed E-state index contributed by atoms with van der Waals surface area (Å²) in [6, 6.07) is 12.0. The first kappa shape index (κ1) is 22.7. The lowest BCUT2D eigenvalue weighted by Crippen LogP contribution is -2.41. The third-order valence-corrected chi connectivity index (χ3v) is 8.36. The van der Waals surface area contributed by atoms with Gasteiger partial charge < -0.3 is 4.74 Å². The molecule has 0 amide bonds. The fraction of sp³-hybridized carbons (Fsp3) is 0.440. The number of Topliss-reactive ketones (excluding diaryl/α,β-unsaturated/α-hetero) is 1. The molecule has 1 fully saturated rings. The Morgan fingerprint density at radius 2 is 1.62 bits per heavy atom. The van der Waals surface area contributed by atoms with Gasteiger partial charge in [0.15, 0.2) is 5.78 Å². The molecule has 1 saturated heterocycles. The van der Waals surface area contributed by atoms with Gasteiger partial charge in [-0.2, -0.15) is 4.31 Å². The van der Waals surface area contributed by atoms with Crippen LogP contribution in [0.1, 0.15) is 60.5 Å². The maximum Gasteiger partial charge on any atom is 0.314 e. The molecule has 170 valence electrons. The highest BCUT2D eigenvalue weighted by Gasteiger charge is 2.33. The number of ketones is 1. The zero-order chi connectivity index (χ0) is 22.7. The summed E-state index contributed by atoms with van der Waals surface area (Å²) in [6.45, 7) is 2.39. The minimum atomic E-state index is -3.57. The Balaban J connectivity index is 1.36. The van der Waals surface area contributed by atoms with Gasteiger partial charge in [0, 0.05) is 25.1 Å². The second kappa shape index (κ2) is 9.55. The zero-order valence-corrected chi connectivity index (χ0v) is 19.2. The molecule has 32 heavy (non-hydrogen) atoms. The van der Waals surface area contributed by atoms with Crippen LogP contribution in [0.4, 0.5) is 0 Å². The fourth-order valence-corrected chi connectivity index (χ4v) is 5.98. The first-order valence-corrected chi connectivity index (χ1v) is 12.8. The maximum absolute atomic E-state index is 13.1. The molecule has 4 rings (SSSR count). The number of benzene rings is 2. The Labute approximate surface area is 189 Å². The van der Waals surface area contributed by atoms with Gasteiger partial charge in [-0.25, -0.2) is 8.42 Å². The van der Waals surface area contributed by atoms with Gasteiger partial charge in [-0.3, -0.25) is 9.59 Å². The van der Waals surface area contributed by atoms with Crippen molar-refractivity contribution in [1.82, 2.24) is 4.31 Å². The van der Waals surface area contributed by atoms with Crippen molar-refractivity contribution in [3.05, 3.63) is 59.2 Å². The van der Waals surface area contributed by atoms with Gasteiger partial charge in [0.2, 0.25) is 10.0 Å². The molecule has 0 radical (unpaired) electrons. The summed E-state index contributed by atoms with van der Waals surface area (Å²) in [4.78, 5) is 24.6. The Morgan fingerprint density at radius 3 is 2.28 bits per heavy atom. The number of rotatable bonds is 6. The lowest BCUT2D eigenvalue weighted by Gasteiger charge is -2.30. The molecule has 0 unspecified atom stereocenters. The molecule has 2 aromatic carbocycles. The van der Waals surface area contributed by atoms with E-state index in [4.69, 9.17) is 4.74 Å². The summed E-state index contributed by atoms with van der Waals surface area (Å²) >= 11 is 0. The molecule has 0 aromatic heterocycles. The molecule has 0 saturated carbocycles. The highest BCUT2D eigenvalue weighted by atomic mass is 32.2. The summed E-state index contributed by atoms with van der Waals surface area (Å²) in [5.41, 5.74) is 2.99. The van der Waals surface area contributed by atoms with Crippen molar-refractivity contribution in [2.75, 3.05) is 13.1 Å². The van der Waals surface area contributed by atoms with Crippen LogP contribution in [0, 0.1) is 5.92 Å². The van der Waals surface area contributed by atoms with Crippen molar-refractivity contribution in [2.24, 2.45) is 5.92 Å². The number of carbonyl (C=O) groups is 2. The van der Waals surface area contributed by atoms with Crippen LogP contribution in [0.5, 0.6) is 5.75 Å². The number of nitrogens with zero attached hydrogens (tertiary/aromatic N) is 1. The van der Waals surface area contributed by atoms with E-state index in [1.54, 1.807) is 37.3 Å². The maximum atomic E-state index is 13.1. The van der Waals surface area contributed by atoms with E-state index >= 15 is 0 Å². The summed E-state index contributed by atoms with van der Waals surface area (Å²) in [5.74, 6) is -0.269. The number of hydrogen-bond donors (Lipinski definition) is 0. The van der Waals surface area contributed by atoms with E-state index in [0.717, 1.165) is 31.2 Å². The van der Waals surface area contributed by atoms with Gasteiger partial charge >= 0.3 is 5.97 Å². The average molecular weight is 456 g/mol. The predicted molar refractivity (Wildman–Crippen MR) is 121 cm³/mol. The van der Waals surface area contributed by atoms with E-state index in [1.165, 1.54) is 9.87 Å². The van der Waals surface area contributed by atoms with Crippen molar-refractivity contribution in [3.63, 3.8) is 0 Å². The minimum absolute atomic E-state index is 0.0374. The van der Waals surface area contributed by atoms with Crippen molar-refractivity contribution in [3.8, 4) is 5.75 Å². The van der Waals surface area contributed by atoms with E-state index in [1.807, 2.05) is 12.1 Å². The van der Waals surface area contributed by atoms with Crippen LogP contribution in [-0.2, 0) is 27.7 Å². The Bertz CT molecular complexity index is 1100. The van der Waals surface area contributed by atoms with Crippen molar-refractivity contribution >= 4 is 21.8 Å². The van der Waals surface area contributed by atoms with Crippen LogP contribution in [0.2, 0.25) is 0 Å². The first-order chi connectivity index (χ1) is 15.4. The summed E-state index contributed by atoms with van der Waals surface area (Å²) in [7, 11) is -3.57. The van der Waals surface area contributed by atoms with Crippen LogP contribution in [-0.4, -0.2) is 37.6 Å². The number of fused-ring (bicyclic) bond motifs is 1. The molecule has 1 aliphatic heterocycles. The van der Waals surface area contributed by atoms with Crippen molar-refractivity contribution in [1.29, 1.82) is 0 Å². The van der Waals surface area contributed by atoms with Crippen LogP contribution < -0.4 is 4.74 Å². The molecule has 0 spiro atoms. The van der Waals surface area contributed by atoms with Gasteiger partial charge in [-0.15, -0.1) is 0 Å². The van der Waals surface area contributed by atoms with Crippen LogP contribution >= 0.6 is 0 Å². The first-order valence-electron chi connectivity index (χ1n) is 11.4. The molecule has 1 aliphatic carbocycles. The Kier molecular flexibility index (Phi) is 6.76. The van der Waals surface area contributed by atoms with Gasteiger partial charge in [0.05, 0.1) is 10.8 Å². The number of piperidine rings is 1. The highest BCUT2D eigenvalue weighted by molar-refractivity contribution is 7.89. The van der Waals surface area contributed by atoms with E-state index < -0.39 is 10.0 Å². The summed E-state index contributed by atoms with van der Waals surface area (Å²) in [6.07, 6.45) is 5.48. The lowest BCUT2D eigenvalue weighted by molar-refractivity contribution is -0.140. The molecule has 1 heterocycles. The smallest absolute Gasteiger partial charge is 0.314 e. The molecule has 7 heteroatoms. The number of carbonyl (C=O) groups excluding carboxylic acids is 2. The lowest BCUT2D eigenvalue weighted by atomic mass is 9.92. The average Bonchev–Trinajstić information content (AvgIpc) is 2.83. The molecular formula is C25H29NO5S. The Hall–Kier alpha value is -2.51. The topological polar surface area (TPSA) is 80.8 Å². The van der Waals surface area contributed by atoms with Crippen LogP contribution in [0.25, 0.3) is 0 Å². The standard InChI is InChI=1S/C25H29NO5S/c1-2-24(27)19-7-10-22(11-8-19)31-25(28)20-13-15-26(16-14-20)32(29,30)23-12-9-18-5-3-4-6-21(18)17-23/h7-12,17,20H,2-6,13-16H2,1H3. The number of aryl methyl sites for hydroxylation is 2. The second-order valence-electron chi connectivity index (χ2n) is 8.54. The molecule has 0 atom stereocenters. The molecule has 0 N–H and O–H groups in total. The Morgan fingerprint density at radius 1 is 0.969 bits per heavy atom. The summed E-state index contributed by atoms with van der Waals surface area (Å²) < 4.78 is 33.2. The zero-order valence-electron chi connectivity index (χ0n) is 18.4. The fourth-order valence-electron chi connectivity index (χ4n) is 4.46. The molecular weight excluding hydrogens is 426 g/mol.